The molecule has 3 aliphatic heterocycles. The first-order chi connectivity index (χ1) is 31.1. The van der Waals surface area contributed by atoms with E-state index in [4.69, 9.17) is 23.7 Å². The Balaban J connectivity index is 1.31. The normalized spacial score (nSPS) is 21.4. The molecule has 23 nitrogen and oxygen atoms in total. The molecule has 14 N–H and O–H groups in total. The second-order valence-corrected chi connectivity index (χ2v) is 15.5. The van der Waals surface area contributed by atoms with E-state index in [2.05, 4.69) is 0 Å². The van der Waals surface area contributed by atoms with Gasteiger partial charge in [0.05, 0.1) is 17.5 Å². The summed E-state index contributed by atoms with van der Waals surface area (Å²) >= 11 is 0. The second-order valence-electron chi connectivity index (χ2n) is 15.5. The number of benzene rings is 5. The van der Waals surface area contributed by atoms with Crippen LogP contribution in [0.3, 0.4) is 0 Å². The van der Waals surface area contributed by atoms with Crippen LogP contribution in [-0.2, 0) is 31.9 Å². The molecule has 5 aromatic rings. The number of hydrogen-bond acceptors (Lipinski definition) is 21. The van der Waals surface area contributed by atoms with E-state index < -0.39 is 182 Å². The van der Waals surface area contributed by atoms with Gasteiger partial charge in [-0.05, 0) is 30.3 Å². The van der Waals surface area contributed by atoms with Crippen LogP contribution in [0.2, 0.25) is 0 Å². The molecule has 0 fully saturated rings. The van der Waals surface area contributed by atoms with Crippen molar-refractivity contribution in [3.05, 3.63) is 88.0 Å². The van der Waals surface area contributed by atoms with E-state index >= 15 is 0 Å². The first-order valence-corrected chi connectivity index (χ1v) is 19.2. The van der Waals surface area contributed by atoms with Gasteiger partial charge in [-0.25, -0.2) is 9.59 Å². The minimum absolute atomic E-state index is 0.0927. The monoisotopic (exact) mass is 918 g/mol. The molecule has 3 aliphatic rings. The first-order valence-electron chi connectivity index (χ1n) is 19.2. The summed E-state index contributed by atoms with van der Waals surface area (Å²) in [5.74, 6) is -21.0. The zero-order chi connectivity index (χ0) is 47.8. The van der Waals surface area contributed by atoms with Gasteiger partial charge >= 0.3 is 23.9 Å². The maximum absolute atomic E-state index is 13.9. The van der Waals surface area contributed by atoms with Gasteiger partial charge in [-0.2, -0.15) is 0 Å². The molecule has 0 saturated heterocycles. The van der Waals surface area contributed by atoms with E-state index in [0.717, 1.165) is 42.5 Å². The molecule has 8 rings (SSSR count). The molecule has 0 radical (unpaired) electrons. The number of aliphatic carboxylic acids is 2. The van der Waals surface area contributed by atoms with Crippen molar-refractivity contribution < 1.29 is 114 Å². The number of phenolic OH excluding ortho intramolecular Hbond substituents is 12. The number of carboxylic acids is 2. The van der Waals surface area contributed by atoms with E-state index in [-0.39, 0.29) is 16.9 Å². The number of hydrogen-bond donors (Lipinski definition) is 14. The van der Waals surface area contributed by atoms with Crippen molar-refractivity contribution in [1.82, 2.24) is 0 Å². The van der Waals surface area contributed by atoms with E-state index in [1.54, 1.807) is 0 Å². The van der Waals surface area contributed by atoms with Gasteiger partial charge in [-0.15, -0.1) is 0 Å². The van der Waals surface area contributed by atoms with E-state index in [9.17, 15) is 90.7 Å². The first kappa shape index (κ1) is 43.6. The van der Waals surface area contributed by atoms with Gasteiger partial charge in [-0.1, -0.05) is 0 Å². The zero-order valence-corrected chi connectivity index (χ0v) is 33.1. The smallest absolute Gasteiger partial charge is 0.338 e. The molecule has 344 valence electrons. The third-order valence-corrected chi connectivity index (χ3v) is 11.3. The average Bonchev–Trinajstić information content (AvgIpc) is 3.58. The predicted molar refractivity (Wildman–Crippen MR) is 212 cm³/mol. The van der Waals surface area contributed by atoms with Crippen LogP contribution in [0.4, 0.5) is 0 Å². The third-order valence-electron chi connectivity index (χ3n) is 11.3. The Bertz CT molecular complexity index is 2860. The van der Waals surface area contributed by atoms with E-state index in [0.29, 0.717) is 12.1 Å². The highest BCUT2D eigenvalue weighted by atomic mass is 16.6. The lowest BCUT2D eigenvalue weighted by Crippen LogP contribution is -2.62. The molecular weight excluding hydrogens is 884 g/mol. The number of aromatic hydroxyl groups is 12. The molecule has 3 heterocycles. The zero-order valence-electron chi connectivity index (χ0n) is 33.1. The van der Waals surface area contributed by atoms with Gasteiger partial charge in [-0.3, -0.25) is 9.59 Å². The largest absolute Gasteiger partial charge is 0.508 e. The maximum atomic E-state index is 13.9. The van der Waals surface area contributed by atoms with Crippen LogP contribution in [0, 0.1) is 0 Å². The quantitative estimate of drug-likeness (QED) is 0.0746. The molecule has 0 aromatic heterocycles. The highest BCUT2D eigenvalue weighted by molar-refractivity contribution is 5.92. The molecular formula is C43H34O23. The Morgan fingerprint density at radius 3 is 1.50 bits per heavy atom. The van der Waals surface area contributed by atoms with Crippen molar-refractivity contribution in [2.24, 2.45) is 0 Å². The molecule has 23 heteroatoms. The molecule has 0 spiro atoms. The van der Waals surface area contributed by atoms with Crippen molar-refractivity contribution in [2.45, 2.75) is 55.2 Å². The molecule has 5 aromatic carbocycles. The van der Waals surface area contributed by atoms with Crippen molar-refractivity contribution in [1.29, 1.82) is 0 Å². The molecule has 0 aliphatic carbocycles. The fourth-order valence-electron chi connectivity index (χ4n) is 8.46. The van der Waals surface area contributed by atoms with Crippen LogP contribution in [0.5, 0.6) is 86.2 Å². The summed E-state index contributed by atoms with van der Waals surface area (Å²) < 4.78 is 29.9. The average molecular weight is 919 g/mol. The Kier molecular flexibility index (Phi) is 10.3. The molecule has 66 heavy (non-hydrogen) atoms. The molecule has 0 bridgehead atoms. The summed E-state index contributed by atoms with van der Waals surface area (Å²) in [6.07, 6.45) is -10.3. The van der Waals surface area contributed by atoms with Crippen molar-refractivity contribution in [3.63, 3.8) is 0 Å². The van der Waals surface area contributed by atoms with Crippen LogP contribution in [-0.4, -0.2) is 119 Å². The predicted octanol–water partition coefficient (Wildman–Crippen LogP) is 3.06. The minimum atomic E-state index is -2.92. The topological polar surface area (TPSA) is 398 Å². The lowest BCUT2D eigenvalue weighted by molar-refractivity contribution is -0.162. The number of carbonyl (C=O) groups is 4. The van der Waals surface area contributed by atoms with Crippen LogP contribution in [0.1, 0.15) is 61.4 Å². The molecule has 1 unspecified atom stereocenters. The number of esters is 2. The highest BCUT2D eigenvalue weighted by Crippen LogP contribution is 2.60. The number of carbonyl (C=O) groups excluding carboxylic acids is 2. The number of carboxylic acid groups (broad SMARTS) is 2. The molecule has 0 saturated carbocycles. The number of rotatable bonds is 9. The van der Waals surface area contributed by atoms with Crippen LogP contribution < -0.4 is 14.2 Å². The molecule has 0 amide bonds. The Hall–Kier alpha value is -9.02. The lowest BCUT2D eigenvalue weighted by atomic mass is 9.72. The van der Waals surface area contributed by atoms with Gasteiger partial charge in [0.2, 0.25) is 5.75 Å². The van der Waals surface area contributed by atoms with Gasteiger partial charge in [0.1, 0.15) is 52.6 Å². The van der Waals surface area contributed by atoms with Crippen LogP contribution >= 0.6 is 0 Å². The third kappa shape index (κ3) is 7.22. The van der Waals surface area contributed by atoms with Gasteiger partial charge in [0.15, 0.2) is 63.8 Å². The van der Waals surface area contributed by atoms with Crippen LogP contribution in [0.25, 0.3) is 0 Å². The fourth-order valence-corrected chi connectivity index (χ4v) is 8.46. The van der Waals surface area contributed by atoms with Gasteiger partial charge in [0.25, 0.3) is 0 Å². The standard InChI is InChI=1S/C43H34O23/c44-15-5-20(46)17-10-29(64-41(60)13-1-22(48)34(55)23(49)2-13)37(62-27(17)7-15)19-9-26(52)36(57)38-32(19)33(40(58)59)43(66-38,12-31(53)54)39-30(11-18-21(47)6-16(45)8-28(18)63-39)65-42(61)14-3-24(50)35(56)25(51)4-14/h1-9,29-30,33,37,39,44-52,55-57H,10-12H2,(H,53,54)(H,58,59)/t29-,30-,33?,37-,39+,43-/m1/s1. The molecule has 6 atom stereocenters. The summed E-state index contributed by atoms with van der Waals surface area (Å²) in [5.41, 5.74) is -5.52. The van der Waals surface area contributed by atoms with Crippen molar-refractivity contribution >= 4 is 23.9 Å². The van der Waals surface area contributed by atoms with Crippen molar-refractivity contribution in [3.8, 4) is 86.2 Å². The Morgan fingerprint density at radius 1 is 0.561 bits per heavy atom. The summed E-state index contributed by atoms with van der Waals surface area (Å²) in [6.45, 7) is 0. The number of phenols is 12. The van der Waals surface area contributed by atoms with E-state index in [1.807, 2.05) is 0 Å². The summed E-state index contributed by atoms with van der Waals surface area (Å²) in [6, 6.07) is 7.30. The SMILES string of the molecule is O=C(O)C[C@@]1([C@H]2Oc3cc(O)cc(O)c3C[C@H]2OC(=O)c2cc(O)c(O)c(O)c2)Oc2c(O)c(O)cc([C@H]3Oc4cc(O)cc(O)c4C[C@H]3OC(=O)c3cc(O)c(O)c(O)c3)c2C1C(=O)O. The summed E-state index contributed by atoms with van der Waals surface area (Å²) in [5, 5.41) is 147. The van der Waals surface area contributed by atoms with Gasteiger partial charge < -0.3 is 95.2 Å². The lowest BCUT2D eigenvalue weighted by Gasteiger charge is -2.44. The second kappa shape index (κ2) is 15.7. The Labute approximate surface area is 367 Å². The number of fused-ring (bicyclic) bond motifs is 3. The fraction of sp³-hybridized carbons (Fsp3) is 0.209. The summed E-state index contributed by atoms with van der Waals surface area (Å²) in [4.78, 5) is 54.2. The van der Waals surface area contributed by atoms with Gasteiger partial charge in [0, 0.05) is 59.4 Å². The number of ether oxygens (including phenoxy) is 5. The summed E-state index contributed by atoms with van der Waals surface area (Å²) in [7, 11) is 0. The van der Waals surface area contributed by atoms with Crippen LogP contribution in [0.15, 0.2) is 54.6 Å². The maximum Gasteiger partial charge on any atom is 0.338 e. The van der Waals surface area contributed by atoms with E-state index in [1.165, 1.54) is 0 Å². The minimum Gasteiger partial charge on any atom is -0.508 e. The Morgan fingerprint density at radius 2 is 1.02 bits per heavy atom. The highest BCUT2D eigenvalue weighted by Gasteiger charge is 2.65. The van der Waals surface area contributed by atoms with Crippen molar-refractivity contribution in [2.75, 3.05) is 0 Å².